The van der Waals surface area contributed by atoms with Crippen LogP contribution in [0.15, 0.2) is 41.4 Å². The first kappa shape index (κ1) is 11.1. The highest BCUT2D eigenvalue weighted by Gasteiger charge is 2.66. The minimum absolute atomic E-state index is 0.103. The Morgan fingerprint density at radius 1 is 0.875 bits per heavy atom. The zero-order valence-corrected chi connectivity index (χ0v) is 8.53. The minimum atomic E-state index is -9.65. The summed E-state index contributed by atoms with van der Waals surface area (Å²) in [7, 11) is -9.65. The van der Waals surface area contributed by atoms with Crippen molar-refractivity contribution in [2.75, 3.05) is 0 Å². The van der Waals surface area contributed by atoms with E-state index < -0.39 is 20.5 Å². The molecule has 1 heterocycles. The van der Waals surface area contributed by atoms with Crippen molar-refractivity contribution in [3.05, 3.63) is 36.5 Å². The van der Waals surface area contributed by atoms with Gasteiger partial charge < -0.3 is 0 Å². The Bertz CT molecular complexity index is 557. The van der Waals surface area contributed by atoms with Crippen molar-refractivity contribution in [1.82, 2.24) is 4.98 Å². The molecule has 0 bridgehead atoms. The van der Waals surface area contributed by atoms with Crippen molar-refractivity contribution < 1.29 is 19.4 Å². The normalized spacial score (nSPS) is 16.8. The van der Waals surface area contributed by atoms with Crippen LogP contribution in [0.3, 0.4) is 0 Å². The van der Waals surface area contributed by atoms with E-state index in [0.29, 0.717) is 6.07 Å². The summed E-state index contributed by atoms with van der Waals surface area (Å²) in [4.78, 5) is 1.72. The minimum Gasteiger partial charge on any atom is -0.256 e. The second-order valence-electron chi connectivity index (χ2n) is 3.30. The van der Waals surface area contributed by atoms with E-state index in [0.717, 1.165) is 12.1 Å². The zero-order chi connectivity index (χ0) is 12.1. The number of fused-ring (bicyclic) bond motifs is 1. The molecule has 0 amide bonds. The van der Waals surface area contributed by atoms with E-state index in [4.69, 9.17) is 0 Å². The fraction of sp³-hybridized carbons (Fsp3) is 0. The number of pyridine rings is 1. The molecule has 1 aromatic carbocycles. The van der Waals surface area contributed by atoms with Crippen LogP contribution in [0, 0.1) is 0 Å². The second-order valence-corrected chi connectivity index (χ2v) is 5.67. The summed E-state index contributed by atoms with van der Waals surface area (Å²) in [6.45, 7) is 0. The lowest BCUT2D eigenvalue weighted by atomic mass is 10.2. The molecule has 2 rings (SSSR count). The SMILES string of the molecule is FS(F)(F)(F)(F)c1cccc2ncccc12. The number of hydrogen-bond acceptors (Lipinski definition) is 1. The van der Waals surface area contributed by atoms with Crippen LogP contribution in [0.2, 0.25) is 0 Å². The van der Waals surface area contributed by atoms with E-state index in [-0.39, 0.29) is 5.52 Å². The van der Waals surface area contributed by atoms with Gasteiger partial charge in [-0.25, -0.2) is 0 Å². The molecular weight excluding hydrogens is 249 g/mol. The molecule has 0 aliphatic heterocycles. The van der Waals surface area contributed by atoms with E-state index in [2.05, 4.69) is 4.98 Å². The van der Waals surface area contributed by atoms with Crippen LogP contribution in [0.5, 0.6) is 0 Å². The van der Waals surface area contributed by atoms with Gasteiger partial charge in [-0.3, -0.25) is 4.98 Å². The van der Waals surface area contributed by atoms with Crippen LogP contribution < -0.4 is 0 Å². The summed E-state index contributed by atoms with van der Waals surface area (Å²) in [5, 5.41) is -0.579. The molecule has 16 heavy (non-hydrogen) atoms. The molecule has 0 aliphatic carbocycles. The van der Waals surface area contributed by atoms with Gasteiger partial charge in [-0.15, -0.1) is 0 Å². The lowest BCUT2D eigenvalue weighted by Crippen LogP contribution is -2.06. The Morgan fingerprint density at radius 2 is 1.56 bits per heavy atom. The summed E-state index contributed by atoms with van der Waals surface area (Å²) >= 11 is 0. The van der Waals surface area contributed by atoms with Gasteiger partial charge in [0.05, 0.1) is 5.52 Å². The number of hydrogen-bond donors (Lipinski definition) is 0. The van der Waals surface area contributed by atoms with Gasteiger partial charge in [0.15, 0.2) is 0 Å². The Morgan fingerprint density at radius 3 is 2.19 bits per heavy atom. The first-order valence-electron chi connectivity index (χ1n) is 4.16. The van der Waals surface area contributed by atoms with E-state index in [9.17, 15) is 19.4 Å². The Kier molecular flexibility index (Phi) is 1.72. The fourth-order valence-corrected chi connectivity index (χ4v) is 2.34. The smallest absolute Gasteiger partial charge is 0.256 e. The quantitative estimate of drug-likeness (QED) is 0.661. The summed E-state index contributed by atoms with van der Waals surface area (Å²) in [6, 6.07) is 4.72. The number of benzene rings is 1. The van der Waals surface area contributed by atoms with Crippen molar-refractivity contribution in [2.45, 2.75) is 4.90 Å². The Hall–Kier alpha value is -1.37. The molecular formula is C9H6F5NS. The summed E-state index contributed by atoms with van der Waals surface area (Å²) < 4.78 is 63.2. The van der Waals surface area contributed by atoms with Crippen LogP contribution in [-0.4, -0.2) is 4.98 Å². The highest BCUT2D eigenvalue weighted by Crippen LogP contribution is 3.02. The van der Waals surface area contributed by atoms with Gasteiger partial charge in [0.1, 0.15) is 4.90 Å². The number of aromatic nitrogens is 1. The molecule has 0 aliphatic rings. The molecule has 0 unspecified atom stereocenters. The molecule has 2 aromatic rings. The van der Waals surface area contributed by atoms with E-state index in [1.807, 2.05) is 0 Å². The van der Waals surface area contributed by atoms with Gasteiger partial charge in [0, 0.05) is 11.6 Å². The number of rotatable bonds is 1. The lowest BCUT2D eigenvalue weighted by Gasteiger charge is -2.41. The predicted molar refractivity (Wildman–Crippen MR) is 53.1 cm³/mol. The molecule has 1 aromatic heterocycles. The van der Waals surface area contributed by atoms with Crippen LogP contribution in [0.1, 0.15) is 0 Å². The molecule has 0 radical (unpaired) electrons. The first-order chi connectivity index (χ1) is 7.08. The maximum atomic E-state index is 12.6. The van der Waals surface area contributed by atoms with Crippen LogP contribution in [-0.2, 0) is 0 Å². The summed E-state index contributed by atoms with van der Waals surface area (Å²) in [6.07, 6.45) is 1.25. The fourth-order valence-electron chi connectivity index (χ4n) is 1.41. The third-order valence-corrected chi connectivity index (χ3v) is 3.21. The topological polar surface area (TPSA) is 12.9 Å². The predicted octanol–water partition coefficient (Wildman–Crippen LogP) is 4.89. The van der Waals surface area contributed by atoms with Gasteiger partial charge in [0.2, 0.25) is 0 Å². The van der Waals surface area contributed by atoms with Crippen LogP contribution >= 0.6 is 10.2 Å². The van der Waals surface area contributed by atoms with E-state index >= 15 is 0 Å². The molecule has 88 valence electrons. The van der Waals surface area contributed by atoms with Gasteiger partial charge in [-0.2, -0.15) is 0 Å². The summed E-state index contributed by atoms with van der Waals surface area (Å²) in [5.74, 6) is 0. The van der Waals surface area contributed by atoms with Crippen LogP contribution in [0.25, 0.3) is 10.9 Å². The van der Waals surface area contributed by atoms with Gasteiger partial charge in [-0.05, 0) is 24.3 Å². The van der Waals surface area contributed by atoms with Crippen molar-refractivity contribution in [3.8, 4) is 0 Å². The average Bonchev–Trinajstić information content (AvgIpc) is 2.13. The molecule has 0 saturated carbocycles. The molecule has 1 nitrogen and oxygen atoms in total. The van der Waals surface area contributed by atoms with Crippen molar-refractivity contribution in [2.24, 2.45) is 0 Å². The molecule has 0 saturated heterocycles. The molecule has 0 N–H and O–H groups in total. The van der Waals surface area contributed by atoms with Crippen molar-refractivity contribution in [3.63, 3.8) is 0 Å². The monoisotopic (exact) mass is 255 g/mol. The third-order valence-electron chi connectivity index (χ3n) is 2.02. The highest BCUT2D eigenvalue weighted by atomic mass is 32.5. The lowest BCUT2D eigenvalue weighted by molar-refractivity contribution is 0.365. The molecule has 0 spiro atoms. The Balaban J connectivity index is 2.92. The number of halogens is 5. The first-order valence-corrected chi connectivity index (χ1v) is 6.11. The highest BCUT2D eigenvalue weighted by molar-refractivity contribution is 8.46. The maximum Gasteiger partial charge on any atom is 0.311 e. The maximum absolute atomic E-state index is 12.6. The third kappa shape index (κ3) is 1.95. The van der Waals surface area contributed by atoms with Crippen LogP contribution in [0.4, 0.5) is 19.4 Å². The zero-order valence-electron chi connectivity index (χ0n) is 7.71. The van der Waals surface area contributed by atoms with Gasteiger partial charge in [0.25, 0.3) is 0 Å². The summed E-state index contributed by atoms with van der Waals surface area (Å²) in [5.41, 5.74) is -0.103. The van der Waals surface area contributed by atoms with E-state index in [1.165, 1.54) is 18.3 Å². The molecule has 7 heteroatoms. The van der Waals surface area contributed by atoms with E-state index in [1.54, 1.807) is 0 Å². The Labute approximate surface area is 87.6 Å². The molecule has 0 fully saturated rings. The van der Waals surface area contributed by atoms with Crippen molar-refractivity contribution >= 4 is 21.1 Å². The molecule has 0 atom stereocenters. The average molecular weight is 255 g/mol. The standard InChI is InChI=1S/C9H6F5NS/c10-16(11,12,13,14)9-5-1-4-8-7(9)3-2-6-15-8/h1-6H. The largest absolute Gasteiger partial charge is 0.311 e. The second kappa shape index (κ2) is 2.48. The number of nitrogens with zero attached hydrogens (tertiary/aromatic N) is 1. The van der Waals surface area contributed by atoms with Gasteiger partial charge in [-0.1, -0.05) is 25.5 Å². The van der Waals surface area contributed by atoms with Gasteiger partial charge >= 0.3 is 10.2 Å². The van der Waals surface area contributed by atoms with Crippen molar-refractivity contribution in [1.29, 1.82) is 0 Å².